The molecule has 0 aliphatic carbocycles. The summed E-state index contributed by atoms with van der Waals surface area (Å²) in [6.07, 6.45) is 3.82. The van der Waals surface area contributed by atoms with E-state index in [1.807, 2.05) is 12.1 Å². The van der Waals surface area contributed by atoms with Gasteiger partial charge in [-0.05, 0) is 29.2 Å². The highest BCUT2D eigenvalue weighted by Crippen LogP contribution is 2.33. The Hall–Kier alpha value is -2.97. The van der Waals surface area contributed by atoms with E-state index >= 15 is 0 Å². The molecule has 0 aliphatic heterocycles. The van der Waals surface area contributed by atoms with Gasteiger partial charge in [-0.1, -0.05) is 38.1 Å². The number of nitrogens with zero attached hydrogens (tertiary/aromatic N) is 4. The second-order valence-corrected chi connectivity index (χ2v) is 7.33. The lowest BCUT2D eigenvalue weighted by Gasteiger charge is -2.08. The molecule has 0 atom stereocenters. The molecule has 0 unspecified atom stereocenters. The summed E-state index contributed by atoms with van der Waals surface area (Å²) in [6.45, 7) is 4.39. The molecule has 1 aromatic carbocycles. The summed E-state index contributed by atoms with van der Waals surface area (Å²) in [5.74, 6) is 0.507. The summed E-state index contributed by atoms with van der Waals surface area (Å²) >= 11 is 1.60. The molecule has 0 aliphatic rings. The van der Waals surface area contributed by atoms with Crippen molar-refractivity contribution in [2.24, 2.45) is 0 Å². The van der Waals surface area contributed by atoms with Crippen LogP contribution in [0.15, 0.2) is 54.2 Å². The predicted molar refractivity (Wildman–Crippen MR) is 105 cm³/mol. The number of fused-ring (bicyclic) bond motifs is 1. The van der Waals surface area contributed by atoms with Gasteiger partial charge in [0.05, 0.1) is 29.6 Å². The summed E-state index contributed by atoms with van der Waals surface area (Å²) in [5.41, 5.74) is 6.32. The molecule has 0 bridgehead atoms. The molecule has 0 spiro atoms. The second-order valence-electron chi connectivity index (χ2n) is 6.49. The number of aromatic nitrogens is 3. The molecule has 0 saturated carbocycles. The average Bonchev–Trinajstić information content (AvgIpc) is 3.23. The van der Waals surface area contributed by atoms with Crippen molar-refractivity contribution in [3.63, 3.8) is 0 Å². The third kappa shape index (κ3) is 2.79. The van der Waals surface area contributed by atoms with Crippen LogP contribution < -0.4 is 0 Å². The number of hydrogen-bond acceptors (Lipinski definition) is 4. The lowest BCUT2D eigenvalue weighted by Crippen LogP contribution is -1.95. The molecule has 4 aromatic rings. The maximum atomic E-state index is 9.37. The summed E-state index contributed by atoms with van der Waals surface area (Å²) in [7, 11) is 0. The molecule has 4 nitrogen and oxygen atoms in total. The van der Waals surface area contributed by atoms with E-state index in [-0.39, 0.29) is 0 Å². The third-order valence-electron chi connectivity index (χ3n) is 4.53. The van der Waals surface area contributed by atoms with E-state index in [0.717, 1.165) is 33.2 Å². The van der Waals surface area contributed by atoms with Crippen molar-refractivity contribution in [1.29, 1.82) is 5.26 Å². The van der Waals surface area contributed by atoms with E-state index in [1.165, 1.54) is 5.56 Å². The fraction of sp³-hybridized carbons (Fsp3) is 0.190. The van der Waals surface area contributed by atoms with E-state index in [9.17, 15) is 5.26 Å². The van der Waals surface area contributed by atoms with Crippen molar-refractivity contribution >= 4 is 16.3 Å². The zero-order valence-electron chi connectivity index (χ0n) is 14.7. The van der Waals surface area contributed by atoms with Crippen LogP contribution in [0.3, 0.4) is 0 Å². The minimum atomic E-state index is 0.312. The molecular formula is C21H18N4S. The Balaban J connectivity index is 1.89. The first-order valence-corrected chi connectivity index (χ1v) is 9.43. The minimum Gasteiger partial charge on any atom is -0.286 e. The van der Waals surface area contributed by atoms with E-state index in [0.29, 0.717) is 12.3 Å². The topological polar surface area (TPSA) is 54.0 Å². The lowest BCUT2D eigenvalue weighted by molar-refractivity contribution is 0.867. The first kappa shape index (κ1) is 16.5. The Kier molecular flexibility index (Phi) is 4.27. The van der Waals surface area contributed by atoms with Gasteiger partial charge >= 0.3 is 0 Å². The minimum absolute atomic E-state index is 0.312. The molecule has 5 heteroatoms. The van der Waals surface area contributed by atoms with Gasteiger partial charge in [0.1, 0.15) is 0 Å². The Morgan fingerprint density at radius 1 is 1.08 bits per heavy atom. The van der Waals surface area contributed by atoms with Gasteiger partial charge in [-0.15, -0.1) is 11.3 Å². The van der Waals surface area contributed by atoms with E-state index in [1.54, 1.807) is 23.7 Å². The van der Waals surface area contributed by atoms with Crippen molar-refractivity contribution in [2.45, 2.75) is 26.2 Å². The maximum absolute atomic E-state index is 9.37. The third-order valence-corrected chi connectivity index (χ3v) is 5.36. The molecule has 26 heavy (non-hydrogen) atoms. The van der Waals surface area contributed by atoms with Gasteiger partial charge in [0.2, 0.25) is 0 Å². The largest absolute Gasteiger partial charge is 0.286 e. The van der Waals surface area contributed by atoms with E-state index in [2.05, 4.69) is 58.9 Å². The Labute approximate surface area is 156 Å². The van der Waals surface area contributed by atoms with Crippen molar-refractivity contribution in [3.05, 3.63) is 65.4 Å². The van der Waals surface area contributed by atoms with Gasteiger partial charge in [-0.2, -0.15) is 5.26 Å². The first-order chi connectivity index (χ1) is 12.7. The Morgan fingerprint density at radius 2 is 1.81 bits per heavy atom. The second kappa shape index (κ2) is 6.74. The van der Waals surface area contributed by atoms with Crippen LogP contribution >= 0.6 is 11.3 Å². The van der Waals surface area contributed by atoms with Crippen LogP contribution in [0.1, 0.15) is 31.0 Å². The number of thiazole rings is 1. The normalized spacial score (nSPS) is 11.2. The molecule has 0 saturated heterocycles. The molecule has 4 rings (SSSR count). The van der Waals surface area contributed by atoms with Crippen LogP contribution in [0.25, 0.3) is 27.5 Å². The van der Waals surface area contributed by atoms with Crippen LogP contribution in [0.4, 0.5) is 0 Å². The first-order valence-electron chi connectivity index (χ1n) is 8.55. The van der Waals surface area contributed by atoms with Crippen molar-refractivity contribution in [2.75, 3.05) is 0 Å². The van der Waals surface area contributed by atoms with Crippen molar-refractivity contribution < 1.29 is 0 Å². The quantitative estimate of drug-likeness (QED) is 0.496. The molecule has 0 radical (unpaired) electrons. The van der Waals surface area contributed by atoms with Crippen LogP contribution in [0, 0.1) is 11.3 Å². The zero-order valence-corrected chi connectivity index (χ0v) is 15.5. The number of imidazole rings is 1. The number of rotatable bonds is 4. The molecular weight excluding hydrogens is 340 g/mol. The average molecular weight is 358 g/mol. The van der Waals surface area contributed by atoms with Crippen molar-refractivity contribution in [1.82, 2.24) is 14.4 Å². The van der Waals surface area contributed by atoms with Gasteiger partial charge in [-0.3, -0.25) is 9.38 Å². The van der Waals surface area contributed by atoms with Crippen LogP contribution in [0.5, 0.6) is 0 Å². The zero-order chi connectivity index (χ0) is 18.1. The van der Waals surface area contributed by atoms with Gasteiger partial charge in [0.25, 0.3) is 0 Å². The highest BCUT2D eigenvalue weighted by molar-refractivity contribution is 7.15. The number of hydrogen-bond donors (Lipinski definition) is 0. The summed E-state index contributed by atoms with van der Waals surface area (Å²) < 4.78 is 2.12. The predicted octanol–water partition coefficient (Wildman–Crippen LogP) is 5.31. The van der Waals surface area contributed by atoms with Crippen molar-refractivity contribution in [3.8, 4) is 28.6 Å². The Bertz CT molecular complexity index is 1080. The molecule has 0 N–H and O–H groups in total. The summed E-state index contributed by atoms with van der Waals surface area (Å²) in [6, 6.07) is 14.8. The van der Waals surface area contributed by atoms with Gasteiger partial charge in [0.15, 0.2) is 4.96 Å². The molecule has 0 fully saturated rings. The van der Waals surface area contributed by atoms with Crippen LogP contribution in [-0.4, -0.2) is 14.4 Å². The molecule has 128 valence electrons. The Morgan fingerprint density at radius 3 is 2.46 bits per heavy atom. The van der Waals surface area contributed by atoms with Crippen LogP contribution in [0.2, 0.25) is 0 Å². The molecule has 0 amide bonds. The number of pyridine rings is 1. The highest BCUT2D eigenvalue weighted by Gasteiger charge is 2.18. The van der Waals surface area contributed by atoms with Gasteiger partial charge < -0.3 is 0 Å². The monoisotopic (exact) mass is 358 g/mol. The van der Waals surface area contributed by atoms with E-state index in [4.69, 9.17) is 4.98 Å². The molecule has 3 aromatic heterocycles. The fourth-order valence-corrected chi connectivity index (χ4v) is 4.05. The number of benzene rings is 1. The van der Waals surface area contributed by atoms with Gasteiger partial charge in [0, 0.05) is 23.3 Å². The fourth-order valence-electron chi connectivity index (χ4n) is 3.13. The SMILES string of the molecule is CC(C)c1ccc(-c2csc3nc(-c4ccncc4)c(CC#N)n23)cc1. The number of nitriles is 1. The van der Waals surface area contributed by atoms with Gasteiger partial charge in [-0.25, -0.2) is 4.98 Å². The van der Waals surface area contributed by atoms with Crippen LogP contribution in [-0.2, 0) is 6.42 Å². The smallest absolute Gasteiger partial charge is 0.194 e. The highest BCUT2D eigenvalue weighted by atomic mass is 32.1. The molecule has 3 heterocycles. The standard InChI is InChI=1S/C21H18N4S/c1-14(2)15-3-5-16(6-4-15)19-13-26-21-24-20(17-8-11-23-12-9-17)18(7-10-22)25(19)21/h3-6,8-9,11-14H,7H2,1-2H3. The summed E-state index contributed by atoms with van der Waals surface area (Å²) in [4.78, 5) is 9.78. The lowest BCUT2D eigenvalue weighted by atomic mass is 10.0. The summed E-state index contributed by atoms with van der Waals surface area (Å²) in [5, 5.41) is 11.5. The van der Waals surface area contributed by atoms with E-state index < -0.39 is 0 Å². The maximum Gasteiger partial charge on any atom is 0.194 e.